The largest absolute Gasteiger partial charge is 0.313 e. The summed E-state index contributed by atoms with van der Waals surface area (Å²) in [7, 11) is 0. The Kier molecular flexibility index (Phi) is 4.16. The Morgan fingerprint density at radius 3 is 2.35 bits per heavy atom. The van der Waals surface area contributed by atoms with E-state index in [4.69, 9.17) is 0 Å². The zero-order valence-corrected chi connectivity index (χ0v) is 13.3. The number of hydrogen-bond donors (Lipinski definition) is 1. The number of benzene rings is 1. The molecule has 0 bridgehead atoms. The summed E-state index contributed by atoms with van der Waals surface area (Å²) in [6, 6.07) is 7.42. The fraction of sp³-hybridized carbons (Fsp3) is 0.684. The van der Waals surface area contributed by atoms with Crippen LogP contribution in [0, 0.1) is 31.6 Å². The molecule has 0 radical (unpaired) electrons. The van der Waals surface area contributed by atoms with Gasteiger partial charge in [0.1, 0.15) is 0 Å². The van der Waals surface area contributed by atoms with Crippen molar-refractivity contribution >= 4 is 0 Å². The highest BCUT2D eigenvalue weighted by Crippen LogP contribution is 2.55. The average Bonchev–Trinajstić information content (AvgIpc) is 3.04. The molecule has 1 aromatic carbocycles. The van der Waals surface area contributed by atoms with Crippen LogP contribution in [-0.2, 0) is 6.42 Å². The monoisotopic (exact) mass is 271 g/mol. The molecule has 1 aromatic rings. The summed E-state index contributed by atoms with van der Waals surface area (Å²) in [5, 5.41) is 3.86. The van der Waals surface area contributed by atoms with Gasteiger partial charge in [0.25, 0.3) is 0 Å². The van der Waals surface area contributed by atoms with Gasteiger partial charge in [-0.25, -0.2) is 0 Å². The van der Waals surface area contributed by atoms with Gasteiger partial charge in [0, 0.05) is 6.04 Å². The minimum absolute atomic E-state index is 0.697. The molecule has 0 aromatic heterocycles. The van der Waals surface area contributed by atoms with Crippen molar-refractivity contribution in [3.8, 4) is 0 Å². The molecule has 110 valence electrons. The van der Waals surface area contributed by atoms with Crippen LogP contribution in [-0.4, -0.2) is 12.6 Å². The van der Waals surface area contributed by atoms with Crippen molar-refractivity contribution in [2.24, 2.45) is 17.8 Å². The van der Waals surface area contributed by atoms with Crippen LogP contribution in [0.4, 0.5) is 0 Å². The second kappa shape index (κ2) is 5.89. The molecule has 2 aliphatic carbocycles. The van der Waals surface area contributed by atoms with Crippen LogP contribution in [0.1, 0.15) is 49.3 Å². The SMILES string of the molecule is CCCNC(Cc1c(C)cccc1C)C1CC2CC2C1. The first-order valence-electron chi connectivity index (χ1n) is 8.47. The van der Waals surface area contributed by atoms with E-state index in [0.717, 1.165) is 17.8 Å². The van der Waals surface area contributed by atoms with Crippen molar-refractivity contribution in [1.29, 1.82) is 0 Å². The summed E-state index contributed by atoms with van der Waals surface area (Å²) in [4.78, 5) is 0. The van der Waals surface area contributed by atoms with Crippen LogP contribution in [0.15, 0.2) is 18.2 Å². The Labute approximate surface area is 124 Å². The molecular formula is C19H29N. The van der Waals surface area contributed by atoms with Crippen LogP contribution >= 0.6 is 0 Å². The Bertz CT molecular complexity index is 435. The number of aryl methyl sites for hydroxylation is 2. The van der Waals surface area contributed by atoms with E-state index >= 15 is 0 Å². The third-order valence-corrected chi connectivity index (χ3v) is 5.57. The molecule has 3 rings (SSSR count). The lowest BCUT2D eigenvalue weighted by Crippen LogP contribution is -2.38. The predicted molar refractivity (Wildman–Crippen MR) is 86.0 cm³/mol. The average molecular weight is 271 g/mol. The van der Waals surface area contributed by atoms with Crippen LogP contribution in [0.25, 0.3) is 0 Å². The van der Waals surface area contributed by atoms with Crippen LogP contribution < -0.4 is 5.32 Å². The van der Waals surface area contributed by atoms with Crippen molar-refractivity contribution in [2.45, 2.75) is 58.9 Å². The summed E-state index contributed by atoms with van der Waals surface area (Å²) in [5.41, 5.74) is 4.52. The van der Waals surface area contributed by atoms with E-state index in [1.807, 2.05) is 0 Å². The molecule has 1 heteroatoms. The molecule has 0 saturated heterocycles. The zero-order chi connectivity index (χ0) is 14.1. The molecule has 3 atom stereocenters. The summed E-state index contributed by atoms with van der Waals surface area (Å²) in [5.74, 6) is 3.09. The van der Waals surface area contributed by atoms with Gasteiger partial charge < -0.3 is 5.32 Å². The quantitative estimate of drug-likeness (QED) is 0.815. The number of nitrogens with one attached hydrogen (secondary N) is 1. The van der Waals surface area contributed by atoms with E-state index in [9.17, 15) is 0 Å². The standard InChI is InChI=1S/C19H29N/c1-4-8-20-19(17-10-15-9-16(15)11-17)12-18-13(2)6-5-7-14(18)3/h5-7,15-17,19-20H,4,8-12H2,1-3H3. The molecule has 0 aliphatic heterocycles. The molecule has 2 fully saturated rings. The third kappa shape index (κ3) is 2.93. The van der Waals surface area contributed by atoms with Gasteiger partial charge in [-0.15, -0.1) is 0 Å². The second-order valence-electron chi connectivity index (χ2n) is 7.12. The van der Waals surface area contributed by atoms with Crippen LogP contribution in [0.2, 0.25) is 0 Å². The van der Waals surface area contributed by atoms with Gasteiger partial charge >= 0.3 is 0 Å². The molecule has 3 unspecified atom stereocenters. The smallest absolute Gasteiger partial charge is 0.0136 e. The molecule has 2 aliphatic rings. The van der Waals surface area contributed by atoms with Gasteiger partial charge in [-0.05, 0) is 86.9 Å². The highest BCUT2D eigenvalue weighted by Gasteiger charge is 2.47. The lowest BCUT2D eigenvalue weighted by molar-refractivity contribution is 0.332. The van der Waals surface area contributed by atoms with Gasteiger partial charge in [0.15, 0.2) is 0 Å². The number of hydrogen-bond acceptors (Lipinski definition) is 1. The molecular weight excluding hydrogens is 242 g/mol. The van der Waals surface area contributed by atoms with Crippen LogP contribution in [0.5, 0.6) is 0 Å². The summed E-state index contributed by atoms with van der Waals surface area (Å²) in [6.07, 6.45) is 6.96. The van der Waals surface area contributed by atoms with Crippen molar-refractivity contribution in [3.05, 3.63) is 34.9 Å². The minimum Gasteiger partial charge on any atom is -0.313 e. The van der Waals surface area contributed by atoms with Crippen molar-refractivity contribution in [1.82, 2.24) is 5.32 Å². The van der Waals surface area contributed by atoms with Gasteiger partial charge in [-0.2, -0.15) is 0 Å². The molecule has 0 spiro atoms. The molecule has 1 nitrogen and oxygen atoms in total. The summed E-state index contributed by atoms with van der Waals surface area (Å²) < 4.78 is 0. The summed E-state index contributed by atoms with van der Waals surface area (Å²) in [6.45, 7) is 7.98. The predicted octanol–water partition coefficient (Wildman–Crippen LogP) is 4.26. The topological polar surface area (TPSA) is 12.0 Å². The third-order valence-electron chi connectivity index (χ3n) is 5.57. The number of fused-ring (bicyclic) bond motifs is 1. The van der Waals surface area contributed by atoms with Gasteiger partial charge in [-0.3, -0.25) is 0 Å². The first kappa shape index (κ1) is 14.1. The number of rotatable bonds is 6. The Morgan fingerprint density at radius 1 is 1.10 bits per heavy atom. The van der Waals surface area contributed by atoms with Gasteiger partial charge in [0.05, 0.1) is 0 Å². The maximum absolute atomic E-state index is 3.86. The van der Waals surface area contributed by atoms with Crippen LogP contribution in [0.3, 0.4) is 0 Å². The Hall–Kier alpha value is -0.820. The van der Waals surface area contributed by atoms with E-state index in [0.29, 0.717) is 6.04 Å². The van der Waals surface area contributed by atoms with E-state index in [-0.39, 0.29) is 0 Å². The fourth-order valence-corrected chi connectivity index (χ4v) is 4.22. The molecule has 0 heterocycles. The van der Waals surface area contributed by atoms with Gasteiger partial charge in [-0.1, -0.05) is 25.1 Å². The van der Waals surface area contributed by atoms with E-state index in [2.05, 4.69) is 44.3 Å². The Balaban J connectivity index is 1.71. The first-order chi connectivity index (χ1) is 9.69. The normalized spacial score (nSPS) is 29.2. The van der Waals surface area contributed by atoms with Crippen molar-refractivity contribution in [3.63, 3.8) is 0 Å². The maximum atomic E-state index is 3.86. The van der Waals surface area contributed by atoms with E-state index < -0.39 is 0 Å². The van der Waals surface area contributed by atoms with Crippen molar-refractivity contribution < 1.29 is 0 Å². The first-order valence-corrected chi connectivity index (χ1v) is 8.47. The maximum Gasteiger partial charge on any atom is 0.0136 e. The van der Waals surface area contributed by atoms with E-state index in [1.165, 1.54) is 49.8 Å². The minimum atomic E-state index is 0.697. The molecule has 0 amide bonds. The second-order valence-corrected chi connectivity index (χ2v) is 7.12. The van der Waals surface area contributed by atoms with Crippen molar-refractivity contribution in [2.75, 3.05) is 6.54 Å². The van der Waals surface area contributed by atoms with E-state index in [1.54, 1.807) is 5.56 Å². The fourth-order valence-electron chi connectivity index (χ4n) is 4.22. The van der Waals surface area contributed by atoms with Gasteiger partial charge in [0.2, 0.25) is 0 Å². The molecule has 1 N–H and O–H groups in total. The molecule has 20 heavy (non-hydrogen) atoms. The lowest BCUT2D eigenvalue weighted by Gasteiger charge is -2.27. The lowest BCUT2D eigenvalue weighted by atomic mass is 9.87. The highest BCUT2D eigenvalue weighted by molar-refractivity contribution is 5.34. The zero-order valence-electron chi connectivity index (χ0n) is 13.3. The Morgan fingerprint density at radius 2 is 1.75 bits per heavy atom. The molecule has 2 saturated carbocycles. The highest BCUT2D eigenvalue weighted by atomic mass is 14.9. The summed E-state index contributed by atoms with van der Waals surface area (Å²) >= 11 is 0.